The Bertz CT molecular complexity index is 1170. The molecule has 0 unspecified atom stereocenters. The predicted molar refractivity (Wildman–Crippen MR) is 117 cm³/mol. The largest absolute Gasteiger partial charge is 0.461 e. The van der Waals surface area contributed by atoms with Crippen molar-refractivity contribution in [2.24, 2.45) is 0 Å². The number of fused-ring (bicyclic) bond motifs is 1. The molecule has 2 aromatic rings. The number of aldehydes is 1. The summed E-state index contributed by atoms with van der Waals surface area (Å²) < 4.78 is 16.8. The Kier molecular flexibility index (Phi) is 5.70. The summed E-state index contributed by atoms with van der Waals surface area (Å²) in [6, 6.07) is 13.0. The van der Waals surface area contributed by atoms with E-state index < -0.39 is 48.0 Å². The fourth-order valence-electron chi connectivity index (χ4n) is 4.64. The highest BCUT2D eigenvalue weighted by Crippen LogP contribution is 2.44. The lowest BCUT2D eigenvalue weighted by atomic mass is 9.92. The molecule has 2 aromatic carbocycles. The predicted octanol–water partition coefficient (Wildman–Crippen LogP) is 1.63. The number of carbonyl (C=O) groups is 5. The van der Waals surface area contributed by atoms with E-state index in [9.17, 15) is 24.0 Å². The summed E-state index contributed by atoms with van der Waals surface area (Å²) >= 11 is 0. The van der Waals surface area contributed by atoms with Gasteiger partial charge in [0.15, 0.2) is 6.29 Å². The third-order valence-electron chi connectivity index (χ3n) is 6.38. The number of esters is 1. The Balaban J connectivity index is 1.23. The number of amides is 3. The number of carbonyl (C=O) groups excluding carboxylic acids is 5. The van der Waals surface area contributed by atoms with Crippen LogP contribution in [0.5, 0.6) is 0 Å². The van der Waals surface area contributed by atoms with Crippen LogP contribution in [0.4, 0.5) is 0 Å². The van der Waals surface area contributed by atoms with E-state index in [1.807, 2.05) is 30.3 Å². The lowest BCUT2D eigenvalue weighted by Gasteiger charge is -2.60. The van der Waals surface area contributed by atoms with E-state index in [1.54, 1.807) is 19.1 Å². The van der Waals surface area contributed by atoms with Crippen LogP contribution in [0.1, 0.15) is 46.0 Å². The molecule has 10 heteroatoms. The van der Waals surface area contributed by atoms with Crippen molar-refractivity contribution in [3.8, 4) is 0 Å². The quantitative estimate of drug-likeness (QED) is 0.243. The fraction of sp³-hybridized carbons (Fsp3) is 0.320. The van der Waals surface area contributed by atoms with Crippen LogP contribution in [0.15, 0.2) is 54.6 Å². The third-order valence-corrected chi connectivity index (χ3v) is 6.38. The molecule has 3 aliphatic heterocycles. The van der Waals surface area contributed by atoms with Crippen LogP contribution in [0.25, 0.3) is 0 Å². The Hall–Kier alpha value is -3.89. The number of rotatable bonds is 8. The maximum Gasteiger partial charge on any atom is 0.311 e. The summed E-state index contributed by atoms with van der Waals surface area (Å²) in [7, 11) is 0. The van der Waals surface area contributed by atoms with Gasteiger partial charge in [-0.15, -0.1) is 0 Å². The van der Waals surface area contributed by atoms with Gasteiger partial charge in [-0.2, -0.15) is 0 Å². The Morgan fingerprint density at radius 3 is 2.17 bits per heavy atom. The van der Waals surface area contributed by atoms with Crippen molar-refractivity contribution in [3.05, 3.63) is 71.3 Å². The summed E-state index contributed by atoms with van der Waals surface area (Å²) in [6.07, 6.45) is -0.518. The van der Waals surface area contributed by atoms with E-state index in [4.69, 9.17) is 14.2 Å². The molecule has 0 radical (unpaired) electrons. The number of nitrogens with zero attached hydrogens (tertiary/aromatic N) is 2. The molecule has 3 amide bonds. The molecule has 3 heterocycles. The van der Waals surface area contributed by atoms with Gasteiger partial charge in [0.05, 0.1) is 17.5 Å². The lowest BCUT2D eigenvalue weighted by Crippen LogP contribution is -2.81. The first kappa shape index (κ1) is 22.9. The van der Waals surface area contributed by atoms with Gasteiger partial charge in [0.25, 0.3) is 23.6 Å². The van der Waals surface area contributed by atoms with Crippen molar-refractivity contribution >= 4 is 30.0 Å². The van der Waals surface area contributed by atoms with Crippen molar-refractivity contribution in [1.29, 1.82) is 0 Å². The molecule has 3 aliphatic rings. The number of hydrogen-bond donors (Lipinski definition) is 0. The van der Waals surface area contributed by atoms with Gasteiger partial charge >= 0.3 is 5.97 Å². The molecule has 10 nitrogen and oxygen atoms in total. The minimum atomic E-state index is -1.57. The molecule has 5 rings (SSSR count). The van der Waals surface area contributed by atoms with Crippen molar-refractivity contribution in [2.45, 2.75) is 50.7 Å². The molecule has 180 valence electrons. The van der Waals surface area contributed by atoms with Crippen molar-refractivity contribution in [1.82, 2.24) is 9.80 Å². The van der Waals surface area contributed by atoms with Crippen LogP contribution in [-0.4, -0.2) is 64.1 Å². The van der Waals surface area contributed by atoms with Gasteiger partial charge in [0.2, 0.25) is 0 Å². The summed E-state index contributed by atoms with van der Waals surface area (Å²) in [6.45, 7) is 1.79. The van der Waals surface area contributed by atoms with Crippen LogP contribution < -0.4 is 0 Å². The first-order valence-corrected chi connectivity index (χ1v) is 11.2. The zero-order valence-corrected chi connectivity index (χ0v) is 18.8. The van der Waals surface area contributed by atoms with Crippen LogP contribution in [-0.2, 0) is 35.2 Å². The van der Waals surface area contributed by atoms with Crippen LogP contribution in [0.3, 0.4) is 0 Å². The van der Waals surface area contributed by atoms with Gasteiger partial charge < -0.3 is 19.0 Å². The molecule has 2 fully saturated rings. The highest BCUT2D eigenvalue weighted by Gasteiger charge is 2.66. The molecule has 0 spiro atoms. The van der Waals surface area contributed by atoms with Crippen LogP contribution in [0.2, 0.25) is 0 Å². The molecule has 0 saturated carbocycles. The van der Waals surface area contributed by atoms with Crippen molar-refractivity contribution in [3.63, 3.8) is 0 Å². The van der Waals surface area contributed by atoms with Crippen molar-refractivity contribution in [2.75, 3.05) is 0 Å². The standard InChI is InChI=1S/C25H22N2O8/c1-2-25(34-20(35-25)12-19(29)33-14-15-8-4-3-5-9-15)27-18(13-28)21(24(27)32)26-22(30)16-10-6-7-11-17(16)23(26)31/h3-11,13,18,20-21H,2,12,14H2,1H3/t18-,20?,21+,25?/m1/s1. The Morgan fingerprint density at radius 1 is 1.00 bits per heavy atom. The molecule has 0 aromatic heterocycles. The van der Waals surface area contributed by atoms with Crippen LogP contribution >= 0.6 is 0 Å². The van der Waals surface area contributed by atoms with Gasteiger partial charge in [-0.3, -0.25) is 29.0 Å². The zero-order valence-electron chi connectivity index (χ0n) is 18.8. The summed E-state index contributed by atoms with van der Waals surface area (Å²) in [5.41, 5.74) is 1.20. The molecular formula is C25H22N2O8. The Morgan fingerprint density at radius 2 is 1.60 bits per heavy atom. The maximum absolute atomic E-state index is 13.1. The SMILES string of the molecule is CCC1(N2C(=O)[C@@H](N3C(=O)c4ccccc4C3=O)[C@H]2C=O)OC(CC(=O)OCc2ccccc2)O1. The van der Waals surface area contributed by atoms with E-state index in [0.717, 1.165) is 15.4 Å². The highest BCUT2D eigenvalue weighted by molar-refractivity contribution is 6.23. The topological polar surface area (TPSA) is 120 Å². The van der Waals surface area contributed by atoms with Gasteiger partial charge in [-0.05, 0) is 17.7 Å². The van der Waals surface area contributed by atoms with Gasteiger partial charge in [0, 0.05) is 6.42 Å². The van der Waals surface area contributed by atoms with E-state index >= 15 is 0 Å². The second kappa shape index (κ2) is 8.71. The number of ether oxygens (including phenoxy) is 3. The van der Waals surface area contributed by atoms with E-state index in [1.165, 1.54) is 12.1 Å². The maximum atomic E-state index is 13.1. The molecule has 0 bridgehead atoms. The minimum Gasteiger partial charge on any atom is -0.461 e. The molecule has 2 atom stereocenters. The molecule has 0 aliphatic carbocycles. The number of imide groups is 1. The average molecular weight is 478 g/mol. The average Bonchev–Trinajstić information content (AvgIpc) is 3.10. The normalized spacial score (nSPS) is 27.2. The monoisotopic (exact) mass is 478 g/mol. The summed E-state index contributed by atoms with van der Waals surface area (Å²) in [5, 5.41) is 0. The fourth-order valence-corrected chi connectivity index (χ4v) is 4.64. The summed E-state index contributed by atoms with van der Waals surface area (Å²) in [5.74, 6) is -4.02. The molecule has 0 N–H and O–H groups in total. The van der Waals surface area contributed by atoms with Gasteiger partial charge in [0.1, 0.15) is 25.0 Å². The molecular weight excluding hydrogens is 456 g/mol. The third kappa shape index (κ3) is 3.62. The molecule has 35 heavy (non-hydrogen) atoms. The van der Waals surface area contributed by atoms with E-state index in [2.05, 4.69) is 0 Å². The number of hydrogen-bond acceptors (Lipinski definition) is 8. The highest BCUT2D eigenvalue weighted by atomic mass is 16.9. The lowest BCUT2D eigenvalue weighted by molar-refractivity contribution is -0.500. The molecule has 2 saturated heterocycles. The number of β-lactam (4-membered cyclic amide) rings is 1. The summed E-state index contributed by atoms with van der Waals surface area (Å²) in [4.78, 5) is 64.7. The Labute approximate surface area is 200 Å². The second-order valence-electron chi connectivity index (χ2n) is 8.39. The van der Waals surface area contributed by atoms with Crippen LogP contribution in [0, 0.1) is 0 Å². The minimum absolute atomic E-state index is 0.102. The van der Waals surface area contributed by atoms with E-state index in [0.29, 0.717) is 6.29 Å². The first-order valence-electron chi connectivity index (χ1n) is 11.2. The van der Waals surface area contributed by atoms with Gasteiger partial charge in [-0.1, -0.05) is 49.4 Å². The van der Waals surface area contributed by atoms with E-state index in [-0.39, 0.29) is 30.6 Å². The van der Waals surface area contributed by atoms with Crippen molar-refractivity contribution < 1.29 is 38.2 Å². The van der Waals surface area contributed by atoms with Gasteiger partial charge in [-0.25, -0.2) is 0 Å². The second-order valence-corrected chi connectivity index (χ2v) is 8.39. The smallest absolute Gasteiger partial charge is 0.311 e. The number of benzene rings is 2. The number of likely N-dealkylation sites (tertiary alicyclic amines) is 1. The zero-order chi connectivity index (χ0) is 24.7. The first-order chi connectivity index (χ1) is 16.9.